The van der Waals surface area contributed by atoms with Crippen LogP contribution in [0.15, 0.2) is 96.6 Å². The molecule has 0 aliphatic carbocycles. The molecule has 0 spiro atoms. The minimum absolute atomic E-state index is 0.170. The number of hydrogen-bond acceptors (Lipinski definition) is 4. The summed E-state index contributed by atoms with van der Waals surface area (Å²) in [4.78, 5) is 18.1. The van der Waals surface area contributed by atoms with E-state index in [9.17, 15) is 4.79 Å². The van der Waals surface area contributed by atoms with Crippen LogP contribution < -0.4 is 10.1 Å². The quantitative estimate of drug-likeness (QED) is 0.380. The number of aromatic nitrogens is 2. The summed E-state index contributed by atoms with van der Waals surface area (Å²) in [5.41, 5.74) is 3.21. The molecule has 0 fully saturated rings. The summed E-state index contributed by atoms with van der Waals surface area (Å²) < 4.78 is 7.76. The fourth-order valence-electron chi connectivity index (χ4n) is 3.09. The molecule has 0 aliphatic rings. The van der Waals surface area contributed by atoms with E-state index in [0.29, 0.717) is 11.3 Å². The molecular formula is C24H17N3O2S. The van der Waals surface area contributed by atoms with Crippen molar-refractivity contribution in [2.24, 2.45) is 0 Å². The smallest absolute Gasteiger partial charge is 0.255 e. The van der Waals surface area contributed by atoms with Gasteiger partial charge in [-0.1, -0.05) is 30.3 Å². The first kappa shape index (κ1) is 18.1. The Labute approximate surface area is 177 Å². The molecule has 2 heterocycles. The number of para-hydroxylation sites is 1. The fraction of sp³-hybridized carbons (Fsp3) is 0. The van der Waals surface area contributed by atoms with Gasteiger partial charge < -0.3 is 10.1 Å². The van der Waals surface area contributed by atoms with Crippen LogP contribution in [0.2, 0.25) is 0 Å². The second-order valence-corrected chi connectivity index (χ2v) is 7.56. The second kappa shape index (κ2) is 7.85. The SMILES string of the molecule is O=C(Nc1ccc(-c2cn3ccsc3n2)cc1)c1ccc(Oc2ccccc2)cc1. The Morgan fingerprint density at radius 3 is 2.37 bits per heavy atom. The predicted octanol–water partition coefficient (Wildman–Crippen LogP) is 6.11. The summed E-state index contributed by atoms with van der Waals surface area (Å²) in [7, 11) is 0. The molecule has 1 amide bonds. The number of rotatable bonds is 5. The van der Waals surface area contributed by atoms with Gasteiger partial charge in [0.2, 0.25) is 0 Å². The van der Waals surface area contributed by atoms with Crippen LogP contribution >= 0.6 is 11.3 Å². The van der Waals surface area contributed by atoms with Crippen LogP contribution in [-0.2, 0) is 0 Å². The molecule has 5 rings (SSSR count). The molecule has 5 nitrogen and oxygen atoms in total. The highest BCUT2D eigenvalue weighted by molar-refractivity contribution is 7.15. The van der Waals surface area contributed by atoms with Crippen LogP contribution in [0.3, 0.4) is 0 Å². The lowest BCUT2D eigenvalue weighted by Crippen LogP contribution is -2.11. The van der Waals surface area contributed by atoms with Crippen molar-refractivity contribution in [2.75, 3.05) is 5.32 Å². The third-order valence-electron chi connectivity index (χ3n) is 4.63. The van der Waals surface area contributed by atoms with Crippen molar-refractivity contribution in [2.45, 2.75) is 0 Å². The Morgan fingerprint density at radius 1 is 0.900 bits per heavy atom. The predicted molar refractivity (Wildman–Crippen MR) is 119 cm³/mol. The minimum atomic E-state index is -0.170. The van der Waals surface area contributed by atoms with Crippen LogP contribution in [0.1, 0.15) is 10.4 Å². The van der Waals surface area contributed by atoms with Gasteiger partial charge in [0.25, 0.3) is 5.91 Å². The van der Waals surface area contributed by atoms with Crippen molar-refractivity contribution >= 4 is 27.9 Å². The zero-order chi connectivity index (χ0) is 20.3. The number of carbonyl (C=O) groups excluding carboxylic acids is 1. The number of benzene rings is 3. The Morgan fingerprint density at radius 2 is 1.63 bits per heavy atom. The molecule has 0 atom stereocenters. The summed E-state index contributed by atoms with van der Waals surface area (Å²) in [5.74, 6) is 1.27. The normalized spacial score (nSPS) is 10.8. The monoisotopic (exact) mass is 411 g/mol. The van der Waals surface area contributed by atoms with Gasteiger partial charge in [0, 0.05) is 34.6 Å². The Hall–Kier alpha value is -3.90. The molecule has 0 aliphatic heterocycles. The highest BCUT2D eigenvalue weighted by Gasteiger charge is 2.09. The van der Waals surface area contributed by atoms with Crippen molar-refractivity contribution < 1.29 is 9.53 Å². The molecule has 0 radical (unpaired) electrons. The average molecular weight is 411 g/mol. The molecular weight excluding hydrogens is 394 g/mol. The lowest BCUT2D eigenvalue weighted by atomic mass is 10.1. The molecule has 0 bridgehead atoms. The zero-order valence-corrected chi connectivity index (χ0v) is 16.7. The highest BCUT2D eigenvalue weighted by atomic mass is 32.1. The first-order valence-corrected chi connectivity index (χ1v) is 10.3. The van der Waals surface area contributed by atoms with Gasteiger partial charge in [-0.3, -0.25) is 9.20 Å². The second-order valence-electron chi connectivity index (χ2n) is 6.69. The van der Waals surface area contributed by atoms with Crippen molar-refractivity contribution in [3.05, 3.63) is 102 Å². The van der Waals surface area contributed by atoms with E-state index >= 15 is 0 Å². The topological polar surface area (TPSA) is 55.6 Å². The molecule has 5 aromatic rings. The van der Waals surface area contributed by atoms with Gasteiger partial charge >= 0.3 is 0 Å². The number of thiazole rings is 1. The maximum absolute atomic E-state index is 12.6. The van der Waals surface area contributed by atoms with Crippen LogP contribution in [0.25, 0.3) is 16.2 Å². The molecule has 0 unspecified atom stereocenters. The van der Waals surface area contributed by atoms with E-state index in [1.54, 1.807) is 35.6 Å². The molecule has 0 saturated carbocycles. The van der Waals surface area contributed by atoms with Crippen molar-refractivity contribution in [1.29, 1.82) is 0 Å². The standard InChI is InChI=1S/C24H17N3O2S/c28-23(18-8-12-21(13-9-18)29-20-4-2-1-3-5-20)25-19-10-6-17(7-11-19)22-16-27-14-15-30-24(27)26-22/h1-16H,(H,25,28). The molecule has 30 heavy (non-hydrogen) atoms. The number of imidazole rings is 1. The van der Waals surface area contributed by atoms with Crippen molar-refractivity contribution in [1.82, 2.24) is 9.38 Å². The zero-order valence-electron chi connectivity index (χ0n) is 15.9. The number of nitrogens with zero attached hydrogens (tertiary/aromatic N) is 2. The minimum Gasteiger partial charge on any atom is -0.457 e. The fourth-order valence-corrected chi connectivity index (χ4v) is 3.79. The molecule has 146 valence electrons. The first-order chi connectivity index (χ1) is 14.7. The number of anilines is 1. The first-order valence-electron chi connectivity index (χ1n) is 9.41. The van der Waals surface area contributed by atoms with Crippen LogP contribution in [0.4, 0.5) is 5.69 Å². The van der Waals surface area contributed by atoms with Gasteiger partial charge in [0.15, 0.2) is 4.96 Å². The molecule has 6 heteroatoms. The Kier molecular flexibility index (Phi) is 4.75. The largest absolute Gasteiger partial charge is 0.457 e. The third kappa shape index (κ3) is 3.81. The number of fused-ring (bicyclic) bond motifs is 1. The highest BCUT2D eigenvalue weighted by Crippen LogP contribution is 2.24. The number of amides is 1. The van der Waals surface area contributed by atoms with E-state index in [2.05, 4.69) is 10.3 Å². The van der Waals surface area contributed by atoms with Crippen molar-refractivity contribution in [3.63, 3.8) is 0 Å². The van der Waals surface area contributed by atoms with Gasteiger partial charge in [-0.2, -0.15) is 0 Å². The van der Waals surface area contributed by atoms with Gasteiger partial charge in [0.1, 0.15) is 11.5 Å². The molecule has 1 N–H and O–H groups in total. The van der Waals surface area contributed by atoms with E-state index in [0.717, 1.165) is 27.7 Å². The van der Waals surface area contributed by atoms with Crippen molar-refractivity contribution in [3.8, 4) is 22.8 Å². The van der Waals surface area contributed by atoms with E-state index in [4.69, 9.17) is 4.74 Å². The van der Waals surface area contributed by atoms with E-state index in [1.807, 2.05) is 76.8 Å². The number of hydrogen-bond donors (Lipinski definition) is 1. The van der Waals surface area contributed by atoms with E-state index in [-0.39, 0.29) is 5.91 Å². The molecule has 3 aromatic carbocycles. The number of carbonyl (C=O) groups is 1. The third-order valence-corrected chi connectivity index (χ3v) is 5.40. The van der Waals surface area contributed by atoms with Crippen LogP contribution in [0, 0.1) is 0 Å². The summed E-state index contributed by atoms with van der Waals surface area (Å²) in [6.07, 6.45) is 3.99. The Balaban J connectivity index is 1.25. The van der Waals surface area contributed by atoms with Gasteiger partial charge in [-0.25, -0.2) is 4.98 Å². The van der Waals surface area contributed by atoms with Gasteiger partial charge in [-0.15, -0.1) is 11.3 Å². The van der Waals surface area contributed by atoms with E-state index < -0.39 is 0 Å². The summed E-state index contributed by atoms with van der Waals surface area (Å²) >= 11 is 1.60. The average Bonchev–Trinajstić information content (AvgIpc) is 3.38. The molecule has 2 aromatic heterocycles. The lowest BCUT2D eigenvalue weighted by Gasteiger charge is -2.08. The van der Waals surface area contributed by atoms with Gasteiger partial charge in [0.05, 0.1) is 5.69 Å². The summed E-state index contributed by atoms with van der Waals surface area (Å²) in [6, 6.07) is 24.3. The maximum Gasteiger partial charge on any atom is 0.255 e. The van der Waals surface area contributed by atoms with E-state index in [1.165, 1.54) is 0 Å². The number of ether oxygens (including phenoxy) is 1. The maximum atomic E-state index is 12.6. The van der Waals surface area contributed by atoms with Gasteiger partial charge in [-0.05, 0) is 48.5 Å². The van der Waals surface area contributed by atoms with Crippen LogP contribution in [-0.4, -0.2) is 15.3 Å². The number of nitrogens with one attached hydrogen (secondary N) is 1. The summed E-state index contributed by atoms with van der Waals surface area (Å²) in [6.45, 7) is 0. The summed E-state index contributed by atoms with van der Waals surface area (Å²) in [5, 5.41) is 4.93. The lowest BCUT2D eigenvalue weighted by molar-refractivity contribution is 0.102. The van der Waals surface area contributed by atoms with Crippen LogP contribution in [0.5, 0.6) is 11.5 Å². The Bertz CT molecular complexity index is 1260. The molecule has 0 saturated heterocycles.